The first-order chi connectivity index (χ1) is 13.2. The molecule has 2 aromatic heterocycles. The van der Waals surface area contributed by atoms with Crippen LogP contribution in [0.2, 0.25) is 0 Å². The van der Waals surface area contributed by atoms with E-state index in [0.29, 0.717) is 24.3 Å². The number of hydrogen-bond donors (Lipinski definition) is 1. The highest BCUT2D eigenvalue weighted by atomic mass is 16.5. The van der Waals surface area contributed by atoms with Gasteiger partial charge < -0.3 is 9.30 Å². The lowest BCUT2D eigenvalue weighted by Crippen LogP contribution is -2.31. The number of nitrogens with zero attached hydrogens (tertiary/aromatic N) is 3. The summed E-state index contributed by atoms with van der Waals surface area (Å²) in [7, 11) is 1.60. The second kappa shape index (κ2) is 6.95. The summed E-state index contributed by atoms with van der Waals surface area (Å²) >= 11 is 0. The molecule has 27 heavy (non-hydrogen) atoms. The minimum Gasteiger partial charge on any atom is -0.497 e. The number of ether oxygens (including phenoxy) is 1. The molecule has 2 aromatic carbocycles. The van der Waals surface area contributed by atoms with Crippen LogP contribution in [0.5, 0.6) is 5.75 Å². The normalized spacial score (nSPS) is 11.0. The van der Waals surface area contributed by atoms with Crippen LogP contribution in [0.15, 0.2) is 70.5 Å². The predicted octanol–water partition coefficient (Wildman–Crippen LogP) is 1.99. The van der Waals surface area contributed by atoms with E-state index in [-0.39, 0.29) is 0 Å². The van der Waals surface area contributed by atoms with Gasteiger partial charge in [-0.05, 0) is 23.3 Å². The van der Waals surface area contributed by atoms with Crippen molar-refractivity contribution in [2.45, 2.75) is 13.1 Å². The van der Waals surface area contributed by atoms with E-state index in [4.69, 9.17) is 4.74 Å². The van der Waals surface area contributed by atoms with Gasteiger partial charge in [0.2, 0.25) is 0 Å². The van der Waals surface area contributed by atoms with Crippen LogP contribution in [-0.2, 0) is 13.1 Å². The molecule has 2 heterocycles. The molecule has 7 nitrogen and oxygen atoms in total. The van der Waals surface area contributed by atoms with Gasteiger partial charge in [-0.15, -0.1) is 0 Å². The lowest BCUT2D eigenvalue weighted by molar-refractivity contribution is 0.414. The zero-order valence-electron chi connectivity index (χ0n) is 14.8. The molecule has 7 heteroatoms. The minimum atomic E-state index is -0.478. The average molecular weight is 362 g/mol. The minimum absolute atomic E-state index is 0.304. The summed E-state index contributed by atoms with van der Waals surface area (Å²) in [6, 6.07) is 17.2. The molecule has 4 rings (SSSR count). The Bertz CT molecular complexity index is 1190. The molecular formula is C20H18N4O3. The third kappa shape index (κ3) is 3.27. The fraction of sp³-hybridized carbons (Fsp3) is 0.150. The molecule has 0 saturated heterocycles. The van der Waals surface area contributed by atoms with Gasteiger partial charge in [-0.2, -0.15) is 0 Å². The third-order valence-electron chi connectivity index (χ3n) is 4.45. The zero-order valence-corrected chi connectivity index (χ0v) is 14.8. The Morgan fingerprint density at radius 1 is 0.963 bits per heavy atom. The molecule has 0 fully saturated rings. The van der Waals surface area contributed by atoms with Gasteiger partial charge in [0.05, 0.1) is 20.0 Å². The summed E-state index contributed by atoms with van der Waals surface area (Å²) in [6.07, 6.45) is 1.59. The van der Waals surface area contributed by atoms with Crippen molar-refractivity contribution in [2.24, 2.45) is 0 Å². The smallest absolute Gasteiger partial charge is 0.330 e. The van der Waals surface area contributed by atoms with Crippen molar-refractivity contribution in [1.29, 1.82) is 0 Å². The Morgan fingerprint density at radius 3 is 2.37 bits per heavy atom. The van der Waals surface area contributed by atoms with Gasteiger partial charge in [-0.1, -0.05) is 42.5 Å². The van der Waals surface area contributed by atoms with Gasteiger partial charge in [0.1, 0.15) is 5.75 Å². The standard InChI is InChI=1S/C20H18N4O3/c1-27-16-9-7-15(8-10-16)12-24-18-17(19(25)22-20(24)26)23(13-21-18)11-14-5-3-2-4-6-14/h2-10,13H,11-12H2,1H3,(H,22,25,26). The number of benzene rings is 2. The topological polar surface area (TPSA) is 81.9 Å². The summed E-state index contributed by atoms with van der Waals surface area (Å²) < 4.78 is 8.39. The second-order valence-corrected chi connectivity index (χ2v) is 6.22. The van der Waals surface area contributed by atoms with Gasteiger partial charge >= 0.3 is 5.69 Å². The zero-order chi connectivity index (χ0) is 18.8. The average Bonchev–Trinajstić information content (AvgIpc) is 3.10. The summed E-state index contributed by atoms with van der Waals surface area (Å²) in [6.45, 7) is 0.805. The lowest BCUT2D eigenvalue weighted by atomic mass is 10.2. The van der Waals surface area contributed by atoms with Crippen molar-refractivity contribution in [3.63, 3.8) is 0 Å². The number of aromatic amines is 1. The second-order valence-electron chi connectivity index (χ2n) is 6.22. The molecule has 0 aliphatic rings. The first-order valence-electron chi connectivity index (χ1n) is 8.50. The molecule has 0 bridgehead atoms. The molecule has 4 aromatic rings. The molecule has 1 N–H and O–H groups in total. The summed E-state index contributed by atoms with van der Waals surface area (Å²) in [5, 5.41) is 0. The van der Waals surface area contributed by atoms with Crippen LogP contribution in [0.1, 0.15) is 11.1 Å². The molecule has 0 unspecified atom stereocenters. The Labute approximate surface area is 154 Å². The molecule has 0 atom stereocenters. The molecule has 0 spiro atoms. The molecular weight excluding hydrogens is 344 g/mol. The maximum absolute atomic E-state index is 12.4. The van der Waals surface area contributed by atoms with Gasteiger partial charge in [0.25, 0.3) is 5.56 Å². The molecule has 0 saturated carbocycles. The lowest BCUT2D eigenvalue weighted by Gasteiger charge is -2.08. The van der Waals surface area contributed by atoms with E-state index in [2.05, 4.69) is 9.97 Å². The van der Waals surface area contributed by atoms with Crippen molar-refractivity contribution in [2.75, 3.05) is 7.11 Å². The van der Waals surface area contributed by atoms with Gasteiger partial charge in [-0.25, -0.2) is 9.78 Å². The van der Waals surface area contributed by atoms with Gasteiger partial charge in [-0.3, -0.25) is 14.3 Å². The monoisotopic (exact) mass is 362 g/mol. The van der Waals surface area contributed by atoms with Crippen LogP contribution in [0.4, 0.5) is 0 Å². The fourth-order valence-corrected chi connectivity index (χ4v) is 3.08. The van der Waals surface area contributed by atoms with Crippen molar-refractivity contribution < 1.29 is 4.74 Å². The third-order valence-corrected chi connectivity index (χ3v) is 4.45. The molecule has 0 amide bonds. The van der Waals surface area contributed by atoms with Crippen LogP contribution >= 0.6 is 0 Å². The van der Waals surface area contributed by atoms with Crippen molar-refractivity contribution >= 4 is 11.2 Å². The van der Waals surface area contributed by atoms with Crippen molar-refractivity contribution in [3.05, 3.63) is 92.9 Å². The SMILES string of the molecule is COc1ccc(Cn2c(=O)[nH]c(=O)c3c2ncn3Cc2ccccc2)cc1. The van der Waals surface area contributed by atoms with E-state index >= 15 is 0 Å². The number of imidazole rings is 1. The maximum atomic E-state index is 12.4. The van der Waals surface area contributed by atoms with Gasteiger partial charge in [0.15, 0.2) is 11.2 Å². The van der Waals surface area contributed by atoms with Crippen molar-refractivity contribution in [1.82, 2.24) is 19.1 Å². The Balaban J connectivity index is 1.77. The van der Waals surface area contributed by atoms with Gasteiger partial charge in [0, 0.05) is 6.54 Å². The van der Waals surface area contributed by atoms with Crippen LogP contribution in [0, 0.1) is 0 Å². The first-order valence-corrected chi connectivity index (χ1v) is 8.50. The maximum Gasteiger partial charge on any atom is 0.330 e. The summed E-state index contributed by atoms with van der Waals surface area (Å²) in [5.41, 5.74) is 1.79. The summed E-state index contributed by atoms with van der Waals surface area (Å²) in [5.74, 6) is 0.741. The van der Waals surface area contributed by atoms with E-state index in [9.17, 15) is 9.59 Å². The van der Waals surface area contributed by atoms with Crippen LogP contribution in [0.25, 0.3) is 11.2 Å². The Morgan fingerprint density at radius 2 is 1.67 bits per heavy atom. The highest BCUT2D eigenvalue weighted by Gasteiger charge is 2.14. The van der Waals surface area contributed by atoms with Crippen molar-refractivity contribution in [3.8, 4) is 5.75 Å². The van der Waals surface area contributed by atoms with E-state index < -0.39 is 11.2 Å². The number of H-pyrrole nitrogens is 1. The molecule has 136 valence electrons. The Kier molecular flexibility index (Phi) is 4.33. The number of aromatic nitrogens is 4. The summed E-state index contributed by atoms with van der Waals surface area (Å²) in [4.78, 5) is 31.5. The predicted molar refractivity (Wildman–Crippen MR) is 102 cm³/mol. The number of methoxy groups -OCH3 is 1. The highest BCUT2D eigenvalue weighted by Crippen LogP contribution is 2.14. The van der Waals surface area contributed by atoms with Crippen LogP contribution in [-0.4, -0.2) is 26.2 Å². The largest absolute Gasteiger partial charge is 0.497 e. The number of fused-ring (bicyclic) bond motifs is 1. The van der Waals surface area contributed by atoms with E-state index in [1.807, 2.05) is 54.6 Å². The van der Waals surface area contributed by atoms with E-state index in [1.165, 1.54) is 4.57 Å². The fourth-order valence-electron chi connectivity index (χ4n) is 3.08. The molecule has 0 radical (unpaired) electrons. The number of hydrogen-bond acceptors (Lipinski definition) is 4. The van der Waals surface area contributed by atoms with E-state index in [1.54, 1.807) is 18.0 Å². The number of rotatable bonds is 5. The quantitative estimate of drug-likeness (QED) is 0.589. The van der Waals surface area contributed by atoms with E-state index in [0.717, 1.165) is 16.9 Å². The van der Waals surface area contributed by atoms with Crippen LogP contribution < -0.4 is 16.0 Å². The molecule has 0 aliphatic carbocycles. The first kappa shape index (κ1) is 16.8. The van der Waals surface area contributed by atoms with Crippen LogP contribution in [0.3, 0.4) is 0 Å². The Hall–Kier alpha value is -3.61. The highest BCUT2D eigenvalue weighted by molar-refractivity contribution is 5.70. The molecule has 0 aliphatic heterocycles. The number of nitrogens with one attached hydrogen (secondary N) is 1.